The van der Waals surface area contributed by atoms with Gasteiger partial charge < -0.3 is 0 Å². The Kier molecular flexibility index (Phi) is 2.99. The van der Waals surface area contributed by atoms with Gasteiger partial charge in [-0.15, -0.1) is 11.6 Å². The fourth-order valence-corrected chi connectivity index (χ4v) is 2.58. The number of nitrogens with zero attached hydrogens (tertiary/aromatic N) is 1. The lowest BCUT2D eigenvalue weighted by Gasteiger charge is -2.31. The summed E-state index contributed by atoms with van der Waals surface area (Å²) in [4.78, 5) is 13.6. The summed E-state index contributed by atoms with van der Waals surface area (Å²) in [6.45, 7) is 0. The van der Waals surface area contributed by atoms with Crippen LogP contribution in [-0.4, -0.2) is 11.8 Å². The maximum absolute atomic E-state index is 13.4. The van der Waals surface area contributed by atoms with E-state index in [1.807, 2.05) is 24.3 Å². The third-order valence-electron chi connectivity index (χ3n) is 3.26. The summed E-state index contributed by atoms with van der Waals surface area (Å²) in [6, 6.07) is 12.1. The first-order valence-electron chi connectivity index (χ1n) is 5.96. The van der Waals surface area contributed by atoms with Crippen molar-refractivity contribution in [3.63, 3.8) is 0 Å². The molecule has 19 heavy (non-hydrogen) atoms. The minimum atomic E-state index is -0.295. The molecule has 0 bridgehead atoms. The van der Waals surface area contributed by atoms with E-state index in [4.69, 9.17) is 11.6 Å². The van der Waals surface area contributed by atoms with Gasteiger partial charge in [0.1, 0.15) is 11.7 Å². The summed E-state index contributed by atoms with van der Waals surface area (Å²) in [7, 11) is 0. The molecule has 3 rings (SSSR count). The Bertz CT molecular complexity index is 656. The van der Waals surface area contributed by atoms with Crippen molar-refractivity contribution in [1.29, 1.82) is 0 Å². The molecule has 0 aliphatic carbocycles. The highest BCUT2D eigenvalue weighted by Gasteiger charge is 2.26. The summed E-state index contributed by atoms with van der Waals surface area (Å²) in [5.41, 5.74) is 3.34. The highest BCUT2D eigenvalue weighted by Crippen LogP contribution is 2.38. The molecule has 1 amide bonds. The van der Waals surface area contributed by atoms with Crippen molar-refractivity contribution < 1.29 is 9.18 Å². The average molecular weight is 276 g/mol. The third kappa shape index (κ3) is 2.00. The summed E-state index contributed by atoms with van der Waals surface area (Å²) in [5, 5.41) is 0. The number of para-hydroxylation sites is 1. The number of hydrogen-bond acceptors (Lipinski definition) is 1. The fourth-order valence-electron chi connectivity index (χ4n) is 2.46. The zero-order chi connectivity index (χ0) is 13.4. The van der Waals surface area contributed by atoms with Gasteiger partial charge in [-0.1, -0.05) is 18.2 Å². The number of benzene rings is 2. The van der Waals surface area contributed by atoms with Crippen LogP contribution in [0.5, 0.6) is 0 Å². The van der Waals surface area contributed by atoms with Crippen LogP contribution in [0.2, 0.25) is 0 Å². The van der Waals surface area contributed by atoms with Crippen molar-refractivity contribution >= 4 is 28.9 Å². The van der Waals surface area contributed by atoms with Crippen LogP contribution in [0, 0.1) is 5.82 Å². The largest absolute Gasteiger partial charge is 0.279 e. The minimum Gasteiger partial charge on any atom is -0.279 e. The van der Waals surface area contributed by atoms with E-state index in [-0.39, 0.29) is 17.6 Å². The van der Waals surface area contributed by atoms with Gasteiger partial charge in [0.15, 0.2) is 0 Å². The van der Waals surface area contributed by atoms with Gasteiger partial charge in [0, 0.05) is 6.42 Å². The Labute approximate surface area is 115 Å². The van der Waals surface area contributed by atoms with Gasteiger partial charge in [-0.05, 0) is 35.4 Å². The maximum atomic E-state index is 13.4. The first kappa shape index (κ1) is 12.2. The Morgan fingerprint density at radius 1 is 1.16 bits per heavy atom. The Morgan fingerprint density at radius 2 is 1.89 bits per heavy atom. The maximum Gasteiger partial charge on any atom is 0.246 e. The molecule has 1 aliphatic rings. The number of hydrogen-bond donors (Lipinski definition) is 0. The van der Waals surface area contributed by atoms with E-state index in [1.54, 1.807) is 11.0 Å². The zero-order valence-electron chi connectivity index (χ0n) is 10.1. The SMILES string of the molecule is O=C(CCl)N1c2ccccc2Cc2cc(F)ccc21. The van der Waals surface area contributed by atoms with Crippen LogP contribution < -0.4 is 4.90 Å². The topological polar surface area (TPSA) is 20.3 Å². The molecule has 0 N–H and O–H groups in total. The summed E-state index contributed by atoms with van der Waals surface area (Å²) < 4.78 is 13.4. The van der Waals surface area contributed by atoms with Gasteiger partial charge in [0.05, 0.1) is 11.4 Å². The first-order valence-corrected chi connectivity index (χ1v) is 6.49. The van der Waals surface area contributed by atoms with Crippen LogP contribution in [0.3, 0.4) is 0 Å². The quantitative estimate of drug-likeness (QED) is 0.728. The van der Waals surface area contributed by atoms with E-state index in [0.717, 1.165) is 16.8 Å². The zero-order valence-corrected chi connectivity index (χ0v) is 10.8. The number of carbonyl (C=O) groups excluding carboxylic acids is 1. The normalized spacial score (nSPS) is 12.8. The van der Waals surface area contributed by atoms with Crippen molar-refractivity contribution in [2.75, 3.05) is 10.8 Å². The monoisotopic (exact) mass is 275 g/mol. The van der Waals surface area contributed by atoms with Gasteiger partial charge in [0.25, 0.3) is 0 Å². The molecule has 0 fully saturated rings. The lowest BCUT2D eigenvalue weighted by molar-refractivity contribution is -0.115. The number of alkyl halides is 1. The molecule has 0 spiro atoms. The molecule has 0 radical (unpaired) electrons. The number of halogens is 2. The molecule has 1 heterocycles. The summed E-state index contributed by atoms with van der Waals surface area (Å²) in [5.74, 6) is -0.608. The molecule has 0 aromatic heterocycles. The van der Waals surface area contributed by atoms with E-state index in [9.17, 15) is 9.18 Å². The molecular formula is C15H11ClFNO. The molecule has 4 heteroatoms. The number of amides is 1. The van der Waals surface area contributed by atoms with Crippen molar-refractivity contribution in [1.82, 2.24) is 0 Å². The molecule has 0 atom stereocenters. The van der Waals surface area contributed by atoms with E-state index in [0.29, 0.717) is 12.1 Å². The molecule has 2 nitrogen and oxygen atoms in total. The van der Waals surface area contributed by atoms with E-state index in [1.165, 1.54) is 12.1 Å². The second-order valence-electron chi connectivity index (χ2n) is 4.44. The van der Waals surface area contributed by atoms with Crippen molar-refractivity contribution in [3.8, 4) is 0 Å². The molecule has 2 aromatic rings. The fraction of sp³-hybridized carbons (Fsp3) is 0.133. The second kappa shape index (κ2) is 4.67. The Balaban J connectivity index is 2.21. The predicted octanol–water partition coefficient (Wildman–Crippen LogP) is 3.63. The number of anilines is 2. The highest BCUT2D eigenvalue weighted by atomic mass is 35.5. The van der Waals surface area contributed by atoms with Crippen LogP contribution in [-0.2, 0) is 11.2 Å². The van der Waals surface area contributed by atoms with Crippen molar-refractivity contribution in [3.05, 3.63) is 59.4 Å². The van der Waals surface area contributed by atoms with E-state index in [2.05, 4.69) is 0 Å². The van der Waals surface area contributed by atoms with Crippen LogP contribution in [0.25, 0.3) is 0 Å². The second-order valence-corrected chi connectivity index (χ2v) is 4.71. The van der Waals surface area contributed by atoms with Crippen LogP contribution in [0.1, 0.15) is 11.1 Å². The van der Waals surface area contributed by atoms with Crippen LogP contribution >= 0.6 is 11.6 Å². The van der Waals surface area contributed by atoms with E-state index < -0.39 is 0 Å². The van der Waals surface area contributed by atoms with Crippen LogP contribution in [0.15, 0.2) is 42.5 Å². The predicted molar refractivity (Wildman–Crippen MR) is 73.5 cm³/mol. The molecule has 2 aromatic carbocycles. The van der Waals surface area contributed by atoms with Gasteiger partial charge >= 0.3 is 0 Å². The molecule has 1 aliphatic heterocycles. The van der Waals surface area contributed by atoms with Crippen molar-refractivity contribution in [2.45, 2.75) is 6.42 Å². The molecule has 0 saturated heterocycles. The summed E-state index contributed by atoms with van der Waals surface area (Å²) >= 11 is 5.68. The average Bonchev–Trinajstić information content (AvgIpc) is 2.43. The molecule has 0 unspecified atom stereocenters. The number of fused-ring (bicyclic) bond motifs is 2. The van der Waals surface area contributed by atoms with Gasteiger partial charge in [0.2, 0.25) is 5.91 Å². The molecular weight excluding hydrogens is 265 g/mol. The van der Waals surface area contributed by atoms with Crippen molar-refractivity contribution in [2.24, 2.45) is 0 Å². The standard InChI is InChI=1S/C15H11ClFNO/c16-9-15(19)18-13-4-2-1-3-10(13)7-11-8-12(17)5-6-14(11)18/h1-6,8H,7,9H2. The molecule has 0 saturated carbocycles. The lowest BCUT2D eigenvalue weighted by atomic mass is 9.95. The van der Waals surface area contributed by atoms with Crippen LogP contribution in [0.4, 0.5) is 15.8 Å². The lowest BCUT2D eigenvalue weighted by Crippen LogP contribution is -2.31. The number of rotatable bonds is 1. The number of carbonyl (C=O) groups is 1. The molecule has 96 valence electrons. The third-order valence-corrected chi connectivity index (χ3v) is 3.49. The Morgan fingerprint density at radius 3 is 2.68 bits per heavy atom. The van der Waals surface area contributed by atoms with Gasteiger partial charge in [-0.2, -0.15) is 0 Å². The highest BCUT2D eigenvalue weighted by molar-refractivity contribution is 6.30. The first-order chi connectivity index (χ1) is 9.20. The van der Waals surface area contributed by atoms with Gasteiger partial charge in [-0.25, -0.2) is 4.39 Å². The Hall–Kier alpha value is -1.87. The summed E-state index contributed by atoms with van der Waals surface area (Å²) in [6.07, 6.45) is 0.620. The van der Waals surface area contributed by atoms with E-state index >= 15 is 0 Å². The minimum absolute atomic E-state index is 0.106. The van der Waals surface area contributed by atoms with Gasteiger partial charge in [-0.3, -0.25) is 9.69 Å². The smallest absolute Gasteiger partial charge is 0.246 e.